The maximum absolute atomic E-state index is 11.0. The monoisotopic (exact) mass is 246 g/mol. The number of ether oxygens (including phenoxy) is 1. The zero-order valence-electron chi connectivity index (χ0n) is 9.53. The second kappa shape index (κ2) is 5.09. The fraction of sp³-hybridized carbons (Fsp3) is 0.0909. The topological polar surface area (TPSA) is 90.2 Å². The summed E-state index contributed by atoms with van der Waals surface area (Å²) in [5.74, 6) is 0.493. The van der Waals surface area contributed by atoms with Crippen LogP contribution in [0.1, 0.15) is 0 Å². The number of hydrogen-bond donors (Lipinski definition) is 1. The number of nitrogens with one attached hydrogen (secondary N) is 1. The second-order valence-corrected chi connectivity index (χ2v) is 3.30. The van der Waals surface area contributed by atoms with Gasteiger partial charge in [0.2, 0.25) is 5.82 Å². The van der Waals surface area contributed by atoms with Crippen LogP contribution in [0.2, 0.25) is 0 Å². The van der Waals surface area contributed by atoms with Crippen molar-refractivity contribution < 1.29 is 9.66 Å². The fourth-order valence-electron chi connectivity index (χ4n) is 1.38. The smallest absolute Gasteiger partial charge is 0.373 e. The SMILES string of the molecule is CNc1ncnc(Oc2ccccc2)c1[N+](=O)[O-]. The molecule has 0 atom stereocenters. The van der Waals surface area contributed by atoms with Gasteiger partial charge in [-0.05, 0) is 12.1 Å². The van der Waals surface area contributed by atoms with Gasteiger partial charge in [0.1, 0.15) is 12.1 Å². The lowest BCUT2D eigenvalue weighted by molar-refractivity contribution is -0.385. The Kier molecular flexibility index (Phi) is 3.33. The number of benzene rings is 1. The van der Waals surface area contributed by atoms with Crippen molar-refractivity contribution in [3.8, 4) is 11.6 Å². The van der Waals surface area contributed by atoms with Crippen molar-refractivity contribution in [3.05, 3.63) is 46.8 Å². The molecule has 0 unspecified atom stereocenters. The van der Waals surface area contributed by atoms with E-state index in [9.17, 15) is 10.1 Å². The molecule has 1 aromatic heterocycles. The number of nitro groups is 1. The lowest BCUT2D eigenvalue weighted by Crippen LogP contribution is -2.03. The van der Waals surface area contributed by atoms with Gasteiger partial charge in [-0.1, -0.05) is 18.2 Å². The van der Waals surface area contributed by atoms with Gasteiger partial charge >= 0.3 is 11.6 Å². The van der Waals surface area contributed by atoms with Gasteiger partial charge in [-0.25, -0.2) is 4.98 Å². The molecule has 7 heteroatoms. The Balaban J connectivity index is 2.42. The molecule has 0 saturated heterocycles. The Morgan fingerprint density at radius 1 is 1.28 bits per heavy atom. The Morgan fingerprint density at radius 2 is 2.00 bits per heavy atom. The second-order valence-electron chi connectivity index (χ2n) is 3.30. The highest BCUT2D eigenvalue weighted by atomic mass is 16.6. The lowest BCUT2D eigenvalue weighted by Gasteiger charge is -2.06. The fourth-order valence-corrected chi connectivity index (χ4v) is 1.38. The highest BCUT2D eigenvalue weighted by Gasteiger charge is 2.24. The summed E-state index contributed by atoms with van der Waals surface area (Å²) in [6.07, 6.45) is 1.21. The van der Waals surface area contributed by atoms with Gasteiger partial charge in [0.05, 0.1) is 4.92 Å². The molecule has 0 saturated carbocycles. The highest BCUT2D eigenvalue weighted by molar-refractivity contribution is 5.61. The van der Waals surface area contributed by atoms with Gasteiger partial charge in [0.15, 0.2) is 0 Å². The van der Waals surface area contributed by atoms with Crippen molar-refractivity contribution in [3.63, 3.8) is 0 Å². The summed E-state index contributed by atoms with van der Waals surface area (Å²) in [6.45, 7) is 0. The van der Waals surface area contributed by atoms with E-state index in [1.807, 2.05) is 6.07 Å². The molecule has 0 bridgehead atoms. The van der Waals surface area contributed by atoms with Crippen LogP contribution in [0.15, 0.2) is 36.7 Å². The van der Waals surface area contributed by atoms with E-state index in [-0.39, 0.29) is 17.4 Å². The van der Waals surface area contributed by atoms with Crippen LogP contribution in [0.5, 0.6) is 11.6 Å². The quantitative estimate of drug-likeness (QED) is 0.657. The highest BCUT2D eigenvalue weighted by Crippen LogP contribution is 2.33. The summed E-state index contributed by atoms with van der Waals surface area (Å²) in [6, 6.07) is 8.72. The first kappa shape index (κ1) is 11.8. The van der Waals surface area contributed by atoms with Gasteiger partial charge in [0.25, 0.3) is 0 Å². The molecule has 0 fully saturated rings. The number of para-hydroxylation sites is 1. The number of anilines is 1. The summed E-state index contributed by atoms with van der Waals surface area (Å²) >= 11 is 0. The first-order chi connectivity index (χ1) is 8.72. The summed E-state index contributed by atoms with van der Waals surface area (Å²) in [5.41, 5.74) is -0.288. The third kappa shape index (κ3) is 2.34. The molecule has 1 heterocycles. The first-order valence-electron chi connectivity index (χ1n) is 5.12. The van der Waals surface area contributed by atoms with Crippen molar-refractivity contribution in [1.82, 2.24) is 9.97 Å². The molecule has 18 heavy (non-hydrogen) atoms. The third-order valence-corrected chi connectivity index (χ3v) is 2.17. The van der Waals surface area contributed by atoms with Gasteiger partial charge in [0, 0.05) is 7.05 Å². The molecular weight excluding hydrogens is 236 g/mol. The number of hydrogen-bond acceptors (Lipinski definition) is 6. The molecule has 2 rings (SSSR count). The van der Waals surface area contributed by atoms with Gasteiger partial charge in [-0.15, -0.1) is 0 Å². The molecule has 0 aliphatic rings. The van der Waals surface area contributed by atoms with E-state index >= 15 is 0 Å². The van der Waals surface area contributed by atoms with Crippen LogP contribution in [0.3, 0.4) is 0 Å². The van der Waals surface area contributed by atoms with Crippen molar-refractivity contribution in [2.45, 2.75) is 0 Å². The zero-order valence-corrected chi connectivity index (χ0v) is 9.53. The van der Waals surface area contributed by atoms with E-state index < -0.39 is 4.92 Å². The Morgan fingerprint density at radius 3 is 2.61 bits per heavy atom. The van der Waals surface area contributed by atoms with Crippen LogP contribution in [-0.4, -0.2) is 21.9 Å². The summed E-state index contributed by atoms with van der Waals surface area (Å²) in [4.78, 5) is 18.0. The standard InChI is InChI=1S/C11H10N4O3/c1-12-10-9(15(16)17)11(14-7-13-10)18-8-5-3-2-4-6-8/h2-7H,1H3,(H,12,13,14). The van der Waals surface area contributed by atoms with E-state index in [2.05, 4.69) is 15.3 Å². The maximum Gasteiger partial charge on any atom is 0.373 e. The molecule has 0 radical (unpaired) electrons. The molecule has 2 aromatic rings. The summed E-state index contributed by atoms with van der Waals surface area (Å²) in [7, 11) is 1.54. The van der Waals surface area contributed by atoms with Crippen LogP contribution in [0.25, 0.3) is 0 Å². The van der Waals surface area contributed by atoms with Crippen LogP contribution in [0, 0.1) is 10.1 Å². The number of aromatic nitrogens is 2. The van der Waals surface area contributed by atoms with Gasteiger partial charge in [-0.2, -0.15) is 4.98 Å². The molecule has 92 valence electrons. The minimum Gasteiger partial charge on any atom is -0.434 e. The average molecular weight is 246 g/mol. The van der Waals surface area contributed by atoms with Crippen LogP contribution >= 0.6 is 0 Å². The number of rotatable bonds is 4. The van der Waals surface area contributed by atoms with Crippen LogP contribution in [-0.2, 0) is 0 Å². The van der Waals surface area contributed by atoms with E-state index in [4.69, 9.17) is 4.74 Å². The first-order valence-corrected chi connectivity index (χ1v) is 5.12. The Hall–Kier alpha value is -2.70. The predicted octanol–water partition coefficient (Wildman–Crippen LogP) is 2.22. The lowest BCUT2D eigenvalue weighted by atomic mass is 10.3. The molecular formula is C11H10N4O3. The minimum atomic E-state index is -0.579. The number of nitrogens with zero attached hydrogens (tertiary/aromatic N) is 3. The molecule has 0 aliphatic carbocycles. The van der Waals surface area contributed by atoms with Gasteiger partial charge in [-0.3, -0.25) is 10.1 Å². The zero-order chi connectivity index (χ0) is 13.0. The summed E-state index contributed by atoms with van der Waals surface area (Å²) in [5, 5.41) is 13.6. The third-order valence-electron chi connectivity index (χ3n) is 2.17. The molecule has 0 spiro atoms. The predicted molar refractivity (Wildman–Crippen MR) is 64.7 cm³/mol. The van der Waals surface area contributed by atoms with E-state index in [1.54, 1.807) is 31.3 Å². The van der Waals surface area contributed by atoms with Crippen molar-refractivity contribution in [2.75, 3.05) is 12.4 Å². The van der Waals surface area contributed by atoms with Gasteiger partial charge < -0.3 is 10.1 Å². The molecule has 0 amide bonds. The minimum absolute atomic E-state index is 0.0921. The molecule has 1 N–H and O–H groups in total. The van der Waals surface area contributed by atoms with Crippen LogP contribution in [0.4, 0.5) is 11.5 Å². The Labute approximate surface area is 103 Å². The van der Waals surface area contributed by atoms with Crippen LogP contribution < -0.4 is 10.1 Å². The van der Waals surface area contributed by atoms with Crippen molar-refractivity contribution in [1.29, 1.82) is 0 Å². The maximum atomic E-state index is 11.0. The largest absolute Gasteiger partial charge is 0.434 e. The average Bonchev–Trinajstić information content (AvgIpc) is 2.39. The van der Waals surface area contributed by atoms with Crippen molar-refractivity contribution in [2.24, 2.45) is 0 Å². The van der Waals surface area contributed by atoms with E-state index in [0.29, 0.717) is 5.75 Å². The van der Waals surface area contributed by atoms with E-state index in [1.165, 1.54) is 6.33 Å². The normalized spacial score (nSPS) is 9.83. The molecule has 1 aromatic carbocycles. The Bertz CT molecular complexity index is 559. The summed E-state index contributed by atoms with van der Waals surface area (Å²) < 4.78 is 5.38. The molecule has 7 nitrogen and oxygen atoms in total. The van der Waals surface area contributed by atoms with Crippen molar-refractivity contribution >= 4 is 11.5 Å². The van der Waals surface area contributed by atoms with E-state index in [0.717, 1.165) is 0 Å². The molecule has 0 aliphatic heterocycles.